The number of ether oxygens (including phenoxy) is 1. The SMILES string of the molecule is CCCOc1ccc(C2(CC)NC(=O)N(C(C)CN)C2=O)cc1. The van der Waals surface area contributed by atoms with Gasteiger partial charge >= 0.3 is 6.03 Å². The molecule has 23 heavy (non-hydrogen) atoms. The molecule has 3 amide bonds. The fraction of sp³-hybridized carbons (Fsp3) is 0.529. The highest BCUT2D eigenvalue weighted by atomic mass is 16.5. The minimum absolute atomic E-state index is 0.239. The predicted octanol–water partition coefficient (Wildman–Crippen LogP) is 1.98. The van der Waals surface area contributed by atoms with Crippen molar-refractivity contribution in [1.82, 2.24) is 10.2 Å². The molecule has 2 unspecified atom stereocenters. The molecule has 1 aromatic rings. The number of rotatable bonds is 7. The van der Waals surface area contributed by atoms with E-state index in [2.05, 4.69) is 5.32 Å². The van der Waals surface area contributed by atoms with Crippen LogP contribution in [0.2, 0.25) is 0 Å². The van der Waals surface area contributed by atoms with Gasteiger partial charge in [0, 0.05) is 6.54 Å². The first-order valence-corrected chi connectivity index (χ1v) is 8.09. The lowest BCUT2D eigenvalue weighted by atomic mass is 9.87. The lowest BCUT2D eigenvalue weighted by Gasteiger charge is -2.27. The highest BCUT2D eigenvalue weighted by molar-refractivity contribution is 6.07. The van der Waals surface area contributed by atoms with Gasteiger partial charge in [0.15, 0.2) is 0 Å². The molecule has 6 nitrogen and oxygen atoms in total. The van der Waals surface area contributed by atoms with Crippen LogP contribution in [0.3, 0.4) is 0 Å². The number of nitrogens with two attached hydrogens (primary N) is 1. The summed E-state index contributed by atoms with van der Waals surface area (Å²) in [6, 6.07) is 6.62. The Morgan fingerprint density at radius 2 is 1.91 bits per heavy atom. The van der Waals surface area contributed by atoms with E-state index in [1.165, 1.54) is 4.90 Å². The van der Waals surface area contributed by atoms with Crippen LogP contribution < -0.4 is 15.8 Å². The number of carbonyl (C=O) groups is 2. The molecule has 0 spiro atoms. The number of nitrogens with one attached hydrogen (secondary N) is 1. The van der Waals surface area contributed by atoms with Gasteiger partial charge in [0.2, 0.25) is 0 Å². The summed E-state index contributed by atoms with van der Waals surface area (Å²) in [7, 11) is 0. The van der Waals surface area contributed by atoms with Crippen LogP contribution in [-0.2, 0) is 10.3 Å². The third-order valence-electron chi connectivity index (χ3n) is 4.26. The Hall–Kier alpha value is -2.08. The largest absolute Gasteiger partial charge is 0.494 e. The Kier molecular flexibility index (Phi) is 5.26. The van der Waals surface area contributed by atoms with E-state index in [-0.39, 0.29) is 24.5 Å². The van der Waals surface area contributed by atoms with Gasteiger partial charge in [0.05, 0.1) is 12.6 Å². The van der Waals surface area contributed by atoms with Crippen LogP contribution in [0.25, 0.3) is 0 Å². The fourth-order valence-electron chi connectivity index (χ4n) is 2.79. The van der Waals surface area contributed by atoms with Gasteiger partial charge < -0.3 is 15.8 Å². The molecule has 0 bridgehead atoms. The summed E-state index contributed by atoms with van der Waals surface area (Å²) in [5.74, 6) is 0.510. The van der Waals surface area contributed by atoms with Gasteiger partial charge in [-0.2, -0.15) is 0 Å². The maximum absolute atomic E-state index is 12.9. The number of nitrogens with zero attached hydrogens (tertiary/aromatic N) is 1. The summed E-state index contributed by atoms with van der Waals surface area (Å²) >= 11 is 0. The molecule has 0 saturated carbocycles. The predicted molar refractivity (Wildman–Crippen MR) is 88.1 cm³/mol. The summed E-state index contributed by atoms with van der Waals surface area (Å²) in [5, 5.41) is 2.85. The second-order valence-electron chi connectivity index (χ2n) is 5.82. The van der Waals surface area contributed by atoms with Crippen LogP contribution >= 0.6 is 0 Å². The number of imide groups is 1. The topological polar surface area (TPSA) is 84.7 Å². The summed E-state index contributed by atoms with van der Waals surface area (Å²) < 4.78 is 5.56. The number of amides is 3. The van der Waals surface area contributed by atoms with E-state index in [4.69, 9.17) is 10.5 Å². The van der Waals surface area contributed by atoms with Gasteiger partial charge in [0.25, 0.3) is 5.91 Å². The number of benzene rings is 1. The van der Waals surface area contributed by atoms with Crippen molar-refractivity contribution in [2.24, 2.45) is 5.73 Å². The van der Waals surface area contributed by atoms with E-state index in [9.17, 15) is 9.59 Å². The molecule has 1 heterocycles. The van der Waals surface area contributed by atoms with E-state index >= 15 is 0 Å². The molecule has 0 aromatic heterocycles. The molecule has 126 valence electrons. The van der Waals surface area contributed by atoms with Gasteiger partial charge in [-0.25, -0.2) is 4.79 Å². The Morgan fingerprint density at radius 1 is 1.26 bits per heavy atom. The first kappa shape index (κ1) is 17.3. The summed E-state index contributed by atoms with van der Waals surface area (Å²) in [5.41, 5.74) is 5.36. The van der Waals surface area contributed by atoms with Crippen molar-refractivity contribution in [3.05, 3.63) is 29.8 Å². The van der Waals surface area contributed by atoms with Crippen molar-refractivity contribution < 1.29 is 14.3 Å². The summed E-state index contributed by atoms with van der Waals surface area (Å²) in [4.78, 5) is 26.4. The molecule has 1 aromatic carbocycles. The normalized spacial score (nSPS) is 22.2. The highest BCUT2D eigenvalue weighted by Crippen LogP contribution is 2.34. The van der Waals surface area contributed by atoms with Crippen LogP contribution in [0.4, 0.5) is 4.79 Å². The molecule has 6 heteroatoms. The monoisotopic (exact) mass is 319 g/mol. The standard InChI is InChI=1S/C17H25N3O3/c1-4-10-23-14-8-6-13(7-9-14)17(5-2)15(21)20(12(3)11-18)16(22)19-17/h6-9,12H,4-5,10-11,18H2,1-3H3,(H,19,22). The molecule has 2 atom stereocenters. The van der Waals surface area contributed by atoms with Gasteiger partial charge in [-0.05, 0) is 37.5 Å². The zero-order valence-corrected chi connectivity index (χ0v) is 14.0. The molecule has 2 rings (SSSR count). The lowest BCUT2D eigenvalue weighted by molar-refractivity contribution is -0.133. The number of carbonyl (C=O) groups excluding carboxylic acids is 2. The summed E-state index contributed by atoms with van der Waals surface area (Å²) in [6.45, 7) is 6.58. The van der Waals surface area contributed by atoms with Gasteiger partial charge in [0.1, 0.15) is 11.3 Å². The number of hydrogen-bond donors (Lipinski definition) is 2. The fourth-order valence-corrected chi connectivity index (χ4v) is 2.79. The van der Waals surface area contributed by atoms with E-state index < -0.39 is 5.54 Å². The number of urea groups is 1. The third kappa shape index (κ3) is 3.03. The van der Waals surface area contributed by atoms with Crippen molar-refractivity contribution in [2.45, 2.75) is 45.2 Å². The Morgan fingerprint density at radius 3 is 2.43 bits per heavy atom. The molecule has 1 aliphatic heterocycles. The molecule has 0 radical (unpaired) electrons. The quantitative estimate of drug-likeness (QED) is 0.753. The number of hydrogen-bond acceptors (Lipinski definition) is 4. The first-order valence-electron chi connectivity index (χ1n) is 8.09. The zero-order chi connectivity index (χ0) is 17.0. The lowest BCUT2D eigenvalue weighted by Crippen LogP contribution is -2.46. The molecule has 1 aliphatic rings. The molecule has 1 saturated heterocycles. The van der Waals surface area contributed by atoms with E-state index in [0.29, 0.717) is 13.0 Å². The average Bonchev–Trinajstić information content (AvgIpc) is 2.84. The van der Waals surface area contributed by atoms with Crippen LogP contribution in [0.15, 0.2) is 24.3 Å². The maximum Gasteiger partial charge on any atom is 0.325 e. The molecular weight excluding hydrogens is 294 g/mol. The second kappa shape index (κ2) is 7.00. The van der Waals surface area contributed by atoms with Gasteiger partial charge in [-0.15, -0.1) is 0 Å². The van der Waals surface area contributed by atoms with Crippen molar-refractivity contribution in [1.29, 1.82) is 0 Å². The minimum atomic E-state index is -1.02. The zero-order valence-electron chi connectivity index (χ0n) is 14.0. The van der Waals surface area contributed by atoms with Crippen LogP contribution in [0.5, 0.6) is 5.75 Å². The molecule has 1 fully saturated rings. The van der Waals surface area contributed by atoms with Crippen LogP contribution in [0.1, 0.15) is 39.2 Å². The highest BCUT2D eigenvalue weighted by Gasteiger charge is 2.52. The second-order valence-corrected chi connectivity index (χ2v) is 5.82. The van der Waals surface area contributed by atoms with Crippen molar-refractivity contribution >= 4 is 11.9 Å². The van der Waals surface area contributed by atoms with E-state index in [0.717, 1.165) is 17.7 Å². The van der Waals surface area contributed by atoms with E-state index in [1.54, 1.807) is 6.92 Å². The van der Waals surface area contributed by atoms with Crippen molar-refractivity contribution in [3.8, 4) is 5.75 Å². The minimum Gasteiger partial charge on any atom is -0.494 e. The van der Waals surface area contributed by atoms with Crippen LogP contribution in [-0.4, -0.2) is 36.0 Å². The van der Waals surface area contributed by atoms with Crippen molar-refractivity contribution in [2.75, 3.05) is 13.2 Å². The Labute approximate surface area is 137 Å². The first-order chi connectivity index (χ1) is 11.0. The van der Waals surface area contributed by atoms with Crippen LogP contribution in [0, 0.1) is 0 Å². The molecule has 3 N–H and O–H groups in total. The average molecular weight is 319 g/mol. The van der Waals surface area contributed by atoms with Gasteiger partial charge in [-0.3, -0.25) is 9.69 Å². The Bertz CT molecular complexity index is 573. The summed E-state index contributed by atoms with van der Waals surface area (Å²) in [6.07, 6.45) is 1.40. The smallest absolute Gasteiger partial charge is 0.325 e. The van der Waals surface area contributed by atoms with E-state index in [1.807, 2.05) is 38.1 Å². The van der Waals surface area contributed by atoms with Gasteiger partial charge in [-0.1, -0.05) is 26.0 Å². The molecular formula is C17H25N3O3. The third-order valence-corrected chi connectivity index (χ3v) is 4.26. The Balaban J connectivity index is 2.31. The maximum atomic E-state index is 12.9. The molecule has 0 aliphatic carbocycles. The van der Waals surface area contributed by atoms with Crippen molar-refractivity contribution in [3.63, 3.8) is 0 Å².